The minimum Gasteiger partial charge on any atom is -0.502 e. The average molecular weight is 400 g/mol. The maximum absolute atomic E-state index is 13.1. The molecule has 1 aromatic rings. The number of allylic oxidation sites excluding steroid dienone is 3. The standard InChI is InChI=1S/C21H24N2O6/c1-5-29-20(26)17-11(2)22-13-9-21(3,4)10-16(25)19(13)18(17)12-6-7-15(24)14(8-12)23(27)28/h6-8,18,22,24H,5,9-10H2,1-4H3. The minimum atomic E-state index is -0.798. The normalized spacial score (nSPS) is 20.8. The van der Waals surface area contributed by atoms with E-state index in [2.05, 4.69) is 5.32 Å². The number of carbonyl (C=O) groups excluding carboxylic acids is 2. The van der Waals surface area contributed by atoms with Crippen LogP contribution in [-0.4, -0.2) is 28.4 Å². The van der Waals surface area contributed by atoms with Crippen molar-refractivity contribution >= 4 is 17.4 Å². The van der Waals surface area contributed by atoms with Crippen molar-refractivity contribution in [2.45, 2.75) is 46.5 Å². The molecule has 0 radical (unpaired) electrons. The second-order valence-electron chi connectivity index (χ2n) is 8.16. The average Bonchev–Trinajstić information content (AvgIpc) is 2.59. The number of carbonyl (C=O) groups is 2. The number of nitro groups is 1. The zero-order valence-electron chi connectivity index (χ0n) is 16.9. The first-order valence-corrected chi connectivity index (χ1v) is 9.44. The number of nitro benzene ring substituents is 1. The molecule has 1 aromatic carbocycles. The van der Waals surface area contributed by atoms with E-state index in [1.807, 2.05) is 13.8 Å². The number of hydrogen-bond donors (Lipinski definition) is 2. The Kier molecular flexibility index (Phi) is 5.21. The lowest BCUT2D eigenvalue weighted by Gasteiger charge is -2.39. The van der Waals surface area contributed by atoms with E-state index < -0.39 is 28.2 Å². The van der Waals surface area contributed by atoms with Gasteiger partial charge in [0.05, 0.1) is 17.1 Å². The highest BCUT2D eigenvalue weighted by atomic mass is 16.6. The lowest BCUT2D eigenvalue weighted by molar-refractivity contribution is -0.385. The van der Waals surface area contributed by atoms with E-state index in [-0.39, 0.29) is 23.4 Å². The Morgan fingerprint density at radius 2 is 2.07 bits per heavy atom. The summed E-state index contributed by atoms with van der Waals surface area (Å²) < 4.78 is 5.21. The van der Waals surface area contributed by atoms with Crippen LogP contribution in [0.15, 0.2) is 40.7 Å². The maximum Gasteiger partial charge on any atom is 0.336 e. The molecular formula is C21H24N2O6. The fourth-order valence-corrected chi connectivity index (χ4v) is 4.12. The summed E-state index contributed by atoms with van der Waals surface area (Å²) in [6, 6.07) is 3.93. The number of Topliss-reactive ketones (excluding diaryl/α,β-unsaturated/α-hetero) is 1. The third-order valence-corrected chi connectivity index (χ3v) is 5.26. The van der Waals surface area contributed by atoms with Crippen molar-refractivity contribution in [3.8, 4) is 5.75 Å². The van der Waals surface area contributed by atoms with Crippen molar-refractivity contribution < 1.29 is 24.4 Å². The second kappa shape index (κ2) is 7.35. The van der Waals surface area contributed by atoms with E-state index in [1.54, 1.807) is 13.8 Å². The third-order valence-electron chi connectivity index (χ3n) is 5.26. The third kappa shape index (κ3) is 3.74. The Morgan fingerprint density at radius 1 is 1.38 bits per heavy atom. The van der Waals surface area contributed by atoms with Gasteiger partial charge in [-0.1, -0.05) is 19.9 Å². The summed E-state index contributed by atoms with van der Waals surface area (Å²) in [5, 5.41) is 24.3. The van der Waals surface area contributed by atoms with Crippen LogP contribution in [0.3, 0.4) is 0 Å². The summed E-state index contributed by atoms with van der Waals surface area (Å²) in [4.78, 5) is 36.5. The van der Waals surface area contributed by atoms with Crippen LogP contribution in [0.1, 0.15) is 52.0 Å². The minimum absolute atomic E-state index is 0.112. The second-order valence-corrected chi connectivity index (χ2v) is 8.16. The summed E-state index contributed by atoms with van der Waals surface area (Å²) in [6.07, 6.45) is 0.914. The van der Waals surface area contributed by atoms with Crippen LogP contribution in [0.2, 0.25) is 0 Å². The van der Waals surface area contributed by atoms with E-state index >= 15 is 0 Å². The first kappa shape index (κ1) is 20.6. The molecule has 154 valence electrons. The lowest BCUT2D eigenvalue weighted by atomic mass is 9.68. The van der Waals surface area contributed by atoms with Gasteiger partial charge in [-0.2, -0.15) is 0 Å². The number of aromatic hydroxyl groups is 1. The topological polar surface area (TPSA) is 119 Å². The largest absolute Gasteiger partial charge is 0.502 e. The molecule has 1 atom stereocenters. The van der Waals surface area contributed by atoms with Gasteiger partial charge in [-0.25, -0.2) is 4.79 Å². The van der Waals surface area contributed by atoms with E-state index in [1.165, 1.54) is 18.2 Å². The van der Waals surface area contributed by atoms with Crippen molar-refractivity contribution in [1.29, 1.82) is 0 Å². The summed E-state index contributed by atoms with van der Waals surface area (Å²) in [7, 11) is 0. The van der Waals surface area contributed by atoms with Gasteiger partial charge < -0.3 is 15.2 Å². The number of ether oxygens (including phenoxy) is 1. The van der Waals surface area contributed by atoms with Crippen molar-refractivity contribution in [2.75, 3.05) is 6.61 Å². The monoisotopic (exact) mass is 400 g/mol. The van der Waals surface area contributed by atoms with Crippen LogP contribution < -0.4 is 5.32 Å². The molecule has 2 N–H and O–H groups in total. The van der Waals surface area contributed by atoms with Crippen LogP contribution >= 0.6 is 0 Å². The first-order valence-electron chi connectivity index (χ1n) is 9.44. The van der Waals surface area contributed by atoms with Crippen molar-refractivity contribution in [2.24, 2.45) is 5.41 Å². The Labute approximate surface area is 168 Å². The quantitative estimate of drug-likeness (QED) is 0.451. The molecular weight excluding hydrogens is 376 g/mol. The number of nitrogens with zero attached hydrogens (tertiary/aromatic N) is 1. The number of benzene rings is 1. The molecule has 1 aliphatic heterocycles. The molecule has 29 heavy (non-hydrogen) atoms. The molecule has 2 aliphatic rings. The summed E-state index contributed by atoms with van der Waals surface area (Å²) in [5.74, 6) is -1.97. The highest BCUT2D eigenvalue weighted by Gasteiger charge is 2.43. The van der Waals surface area contributed by atoms with Gasteiger partial charge in [0.15, 0.2) is 11.5 Å². The maximum atomic E-state index is 13.1. The molecule has 0 saturated carbocycles. The van der Waals surface area contributed by atoms with Crippen molar-refractivity contribution in [1.82, 2.24) is 5.32 Å². The number of rotatable bonds is 4. The predicted octanol–water partition coefficient (Wildman–Crippen LogP) is 3.47. The molecule has 0 fully saturated rings. The molecule has 0 bridgehead atoms. The Morgan fingerprint density at radius 3 is 2.69 bits per heavy atom. The molecule has 0 aromatic heterocycles. The van der Waals surface area contributed by atoms with Gasteiger partial charge in [0.1, 0.15) is 0 Å². The van der Waals surface area contributed by atoms with Gasteiger partial charge >= 0.3 is 11.7 Å². The SMILES string of the molecule is CCOC(=O)C1=C(C)NC2=C(C(=O)CC(C)(C)C2)C1c1ccc(O)c([N+](=O)[O-])c1. The van der Waals surface area contributed by atoms with Gasteiger partial charge in [0.25, 0.3) is 0 Å². The summed E-state index contributed by atoms with van der Waals surface area (Å²) in [5.41, 5.74) is 1.62. The number of esters is 1. The Balaban J connectivity index is 2.23. The van der Waals surface area contributed by atoms with E-state index in [0.29, 0.717) is 29.7 Å². The molecule has 0 spiro atoms. The smallest absolute Gasteiger partial charge is 0.336 e. The van der Waals surface area contributed by atoms with E-state index in [4.69, 9.17) is 4.74 Å². The van der Waals surface area contributed by atoms with Crippen molar-refractivity contribution in [3.05, 3.63) is 56.4 Å². The Hall–Kier alpha value is -3.16. The molecule has 0 saturated heterocycles. The van der Waals surface area contributed by atoms with Gasteiger partial charge in [-0.05, 0) is 37.3 Å². The zero-order valence-corrected chi connectivity index (χ0v) is 16.9. The molecule has 8 nitrogen and oxygen atoms in total. The number of ketones is 1. The van der Waals surface area contributed by atoms with Crippen LogP contribution in [0.25, 0.3) is 0 Å². The molecule has 8 heteroatoms. The van der Waals surface area contributed by atoms with Crippen LogP contribution in [0, 0.1) is 15.5 Å². The first-order chi connectivity index (χ1) is 13.6. The van der Waals surface area contributed by atoms with Gasteiger partial charge in [0, 0.05) is 35.4 Å². The fourth-order valence-electron chi connectivity index (χ4n) is 4.12. The van der Waals surface area contributed by atoms with Crippen LogP contribution in [0.4, 0.5) is 5.69 Å². The van der Waals surface area contributed by atoms with E-state index in [0.717, 1.165) is 5.70 Å². The van der Waals surface area contributed by atoms with Crippen LogP contribution in [-0.2, 0) is 14.3 Å². The zero-order chi connectivity index (χ0) is 21.5. The molecule has 1 aliphatic carbocycles. The highest BCUT2D eigenvalue weighted by molar-refractivity contribution is 6.04. The summed E-state index contributed by atoms with van der Waals surface area (Å²) in [6.45, 7) is 7.56. The molecule has 0 amide bonds. The lowest BCUT2D eigenvalue weighted by Crippen LogP contribution is -2.38. The number of phenolic OH excluding ortho intramolecular Hbond substituents is 1. The van der Waals surface area contributed by atoms with Gasteiger partial charge in [-0.15, -0.1) is 0 Å². The predicted molar refractivity (Wildman–Crippen MR) is 105 cm³/mol. The highest BCUT2D eigenvalue weighted by Crippen LogP contribution is 2.47. The molecule has 1 heterocycles. The van der Waals surface area contributed by atoms with Gasteiger partial charge in [-0.3, -0.25) is 14.9 Å². The number of nitrogens with one attached hydrogen (secondary N) is 1. The number of dihydropyridines is 1. The van der Waals surface area contributed by atoms with Crippen molar-refractivity contribution in [3.63, 3.8) is 0 Å². The number of hydrogen-bond acceptors (Lipinski definition) is 7. The fraction of sp³-hybridized carbons (Fsp3) is 0.429. The van der Waals surface area contributed by atoms with Crippen LogP contribution in [0.5, 0.6) is 5.75 Å². The summed E-state index contributed by atoms with van der Waals surface area (Å²) >= 11 is 0. The molecule has 1 unspecified atom stereocenters. The Bertz CT molecular complexity index is 973. The molecule has 3 rings (SSSR count). The van der Waals surface area contributed by atoms with Gasteiger partial charge in [0.2, 0.25) is 0 Å². The van der Waals surface area contributed by atoms with E-state index in [9.17, 15) is 24.8 Å². The number of phenols is 1.